The third-order valence-electron chi connectivity index (χ3n) is 1.43. The largest absolute Gasteiger partial charge is 0.504 e. The summed E-state index contributed by atoms with van der Waals surface area (Å²) in [5.74, 6) is -0.953. The number of rotatable bonds is 2. The number of carboxylic acids is 1. The summed E-state index contributed by atoms with van der Waals surface area (Å²) in [7, 11) is 1.36. The maximum Gasteiger partial charge on any atom is 0.335 e. The van der Waals surface area contributed by atoms with Crippen LogP contribution in [0.25, 0.3) is 0 Å². The van der Waals surface area contributed by atoms with Gasteiger partial charge in [0, 0.05) is 0 Å². The molecule has 2 N–H and O–H groups in total. The highest BCUT2D eigenvalue weighted by Gasteiger charge is 2.06. The Morgan fingerprint density at radius 3 is 2.36 bits per heavy atom. The molecule has 78 valence electrons. The second-order valence-corrected chi connectivity index (χ2v) is 2.19. The van der Waals surface area contributed by atoms with E-state index in [1.165, 1.54) is 25.3 Å². The van der Waals surface area contributed by atoms with Crippen LogP contribution in [0.5, 0.6) is 11.5 Å². The molecule has 4 heteroatoms. The number of carboxylic acid groups (broad SMARTS) is 1. The van der Waals surface area contributed by atoms with Gasteiger partial charge in [0.25, 0.3) is 0 Å². The fourth-order valence-electron chi connectivity index (χ4n) is 0.811. The van der Waals surface area contributed by atoms with Crippen molar-refractivity contribution in [2.24, 2.45) is 0 Å². The highest BCUT2D eigenvalue weighted by molar-refractivity contribution is 5.88. The summed E-state index contributed by atoms with van der Waals surface area (Å²) in [4.78, 5) is 10.4. The van der Waals surface area contributed by atoms with E-state index in [4.69, 9.17) is 14.9 Å². The number of hydrogen-bond acceptors (Lipinski definition) is 3. The number of benzene rings is 1. The van der Waals surface area contributed by atoms with Crippen molar-refractivity contribution in [1.82, 2.24) is 0 Å². The molecule has 4 nitrogen and oxygen atoms in total. The zero-order valence-corrected chi connectivity index (χ0v) is 8.44. The van der Waals surface area contributed by atoms with Crippen molar-refractivity contribution >= 4 is 5.97 Å². The van der Waals surface area contributed by atoms with E-state index in [1.54, 1.807) is 0 Å². The summed E-state index contributed by atoms with van der Waals surface area (Å²) in [6.07, 6.45) is 0. The minimum absolute atomic E-state index is 0.0671. The van der Waals surface area contributed by atoms with E-state index in [9.17, 15) is 4.79 Å². The van der Waals surface area contributed by atoms with Crippen molar-refractivity contribution in [3.8, 4) is 11.5 Å². The smallest absolute Gasteiger partial charge is 0.335 e. The number of methoxy groups -OCH3 is 1. The SMILES string of the molecule is CC.COc1cc(C(=O)O)ccc1O. The molecule has 0 aliphatic carbocycles. The molecule has 14 heavy (non-hydrogen) atoms. The predicted octanol–water partition coefficient (Wildman–Crippen LogP) is 2.13. The van der Waals surface area contributed by atoms with Gasteiger partial charge in [-0.05, 0) is 18.2 Å². The lowest BCUT2D eigenvalue weighted by Gasteiger charge is -2.02. The van der Waals surface area contributed by atoms with Gasteiger partial charge in [0.1, 0.15) is 0 Å². The Bertz CT molecular complexity index is 307. The van der Waals surface area contributed by atoms with Crippen LogP contribution in [0.15, 0.2) is 18.2 Å². The van der Waals surface area contributed by atoms with E-state index in [0.29, 0.717) is 0 Å². The van der Waals surface area contributed by atoms with Gasteiger partial charge in [-0.25, -0.2) is 4.79 Å². The number of aromatic carboxylic acids is 1. The molecular weight excluding hydrogens is 184 g/mol. The quantitative estimate of drug-likeness (QED) is 0.763. The molecule has 0 aliphatic heterocycles. The van der Waals surface area contributed by atoms with Crippen LogP contribution >= 0.6 is 0 Å². The van der Waals surface area contributed by atoms with Crippen LogP contribution < -0.4 is 4.74 Å². The zero-order valence-electron chi connectivity index (χ0n) is 8.44. The van der Waals surface area contributed by atoms with Gasteiger partial charge in [-0.2, -0.15) is 0 Å². The Kier molecular flexibility index (Phi) is 5.14. The summed E-state index contributed by atoms with van der Waals surface area (Å²) in [5, 5.41) is 17.7. The molecule has 0 heterocycles. The topological polar surface area (TPSA) is 66.8 Å². The monoisotopic (exact) mass is 198 g/mol. The molecule has 0 spiro atoms. The lowest BCUT2D eigenvalue weighted by Crippen LogP contribution is -1.96. The highest BCUT2D eigenvalue weighted by atomic mass is 16.5. The third kappa shape index (κ3) is 2.97. The van der Waals surface area contributed by atoms with E-state index in [-0.39, 0.29) is 17.1 Å². The first kappa shape index (κ1) is 12.3. The number of aromatic hydroxyl groups is 1. The van der Waals surface area contributed by atoms with Crippen LogP contribution in [0.4, 0.5) is 0 Å². The summed E-state index contributed by atoms with van der Waals surface area (Å²) in [6.45, 7) is 4.00. The second kappa shape index (κ2) is 5.85. The van der Waals surface area contributed by atoms with Gasteiger partial charge in [0.05, 0.1) is 12.7 Å². The van der Waals surface area contributed by atoms with E-state index < -0.39 is 5.97 Å². The Balaban J connectivity index is 0.000000791. The Morgan fingerprint density at radius 2 is 1.93 bits per heavy atom. The molecule has 0 saturated carbocycles. The molecule has 1 aromatic carbocycles. The Labute approximate surface area is 82.8 Å². The first-order valence-corrected chi connectivity index (χ1v) is 4.25. The third-order valence-corrected chi connectivity index (χ3v) is 1.43. The summed E-state index contributed by atoms with van der Waals surface area (Å²) in [5.41, 5.74) is 0.0876. The van der Waals surface area contributed by atoms with Gasteiger partial charge in [0.15, 0.2) is 11.5 Å². The normalized spacial score (nSPS) is 8.50. The predicted molar refractivity (Wildman–Crippen MR) is 53.0 cm³/mol. The van der Waals surface area contributed by atoms with E-state index >= 15 is 0 Å². The van der Waals surface area contributed by atoms with Gasteiger partial charge in [-0.1, -0.05) is 13.8 Å². The molecule has 0 bridgehead atoms. The number of carbonyl (C=O) groups is 1. The molecule has 1 rings (SSSR count). The van der Waals surface area contributed by atoms with Crippen LogP contribution in [-0.4, -0.2) is 23.3 Å². The molecule has 0 aromatic heterocycles. The first-order chi connectivity index (χ1) is 6.65. The van der Waals surface area contributed by atoms with Crippen LogP contribution in [0.3, 0.4) is 0 Å². The molecule has 0 atom stereocenters. The summed E-state index contributed by atoms with van der Waals surface area (Å²) >= 11 is 0. The van der Waals surface area contributed by atoms with Crippen LogP contribution in [0, 0.1) is 0 Å². The van der Waals surface area contributed by atoms with E-state index in [1.807, 2.05) is 13.8 Å². The second-order valence-electron chi connectivity index (χ2n) is 2.19. The van der Waals surface area contributed by atoms with Crippen molar-refractivity contribution < 1.29 is 19.7 Å². The standard InChI is InChI=1S/C8H8O4.C2H6/c1-12-7-4-5(8(10)11)2-3-6(7)9;1-2/h2-4,9H,1H3,(H,10,11);1-2H3. The van der Waals surface area contributed by atoms with Crippen molar-refractivity contribution in [2.75, 3.05) is 7.11 Å². The van der Waals surface area contributed by atoms with Crippen molar-refractivity contribution in [1.29, 1.82) is 0 Å². The fourth-order valence-corrected chi connectivity index (χ4v) is 0.811. The van der Waals surface area contributed by atoms with Gasteiger partial charge < -0.3 is 14.9 Å². The molecule has 0 unspecified atom stereocenters. The molecular formula is C10H14O4. The highest BCUT2D eigenvalue weighted by Crippen LogP contribution is 2.25. The number of phenolic OH excluding ortho intramolecular Hbond substituents is 1. The van der Waals surface area contributed by atoms with Crippen LogP contribution in [0.1, 0.15) is 24.2 Å². The molecule has 1 aromatic rings. The van der Waals surface area contributed by atoms with Gasteiger partial charge in [-0.3, -0.25) is 0 Å². The summed E-state index contributed by atoms with van der Waals surface area (Å²) in [6, 6.07) is 3.85. The molecule has 0 radical (unpaired) electrons. The van der Waals surface area contributed by atoms with Gasteiger partial charge in [-0.15, -0.1) is 0 Å². The first-order valence-electron chi connectivity index (χ1n) is 4.25. The lowest BCUT2D eigenvalue weighted by molar-refractivity contribution is 0.0696. The van der Waals surface area contributed by atoms with Gasteiger partial charge in [0.2, 0.25) is 0 Å². The summed E-state index contributed by atoms with van der Waals surface area (Å²) < 4.78 is 4.72. The number of phenols is 1. The van der Waals surface area contributed by atoms with Crippen LogP contribution in [-0.2, 0) is 0 Å². The maximum absolute atomic E-state index is 10.4. The minimum Gasteiger partial charge on any atom is -0.504 e. The van der Waals surface area contributed by atoms with E-state index in [2.05, 4.69) is 0 Å². The minimum atomic E-state index is -1.05. The molecule has 0 saturated heterocycles. The molecule has 0 amide bonds. The van der Waals surface area contributed by atoms with Crippen molar-refractivity contribution in [3.63, 3.8) is 0 Å². The average Bonchev–Trinajstić information content (AvgIpc) is 2.21. The van der Waals surface area contributed by atoms with Crippen molar-refractivity contribution in [2.45, 2.75) is 13.8 Å². The lowest BCUT2D eigenvalue weighted by atomic mass is 10.2. The molecule has 0 aliphatic rings. The zero-order chi connectivity index (χ0) is 11.1. The number of hydrogen-bond donors (Lipinski definition) is 2. The molecule has 0 fully saturated rings. The van der Waals surface area contributed by atoms with Crippen LogP contribution in [0.2, 0.25) is 0 Å². The fraction of sp³-hybridized carbons (Fsp3) is 0.300. The Hall–Kier alpha value is -1.71. The maximum atomic E-state index is 10.4. The Morgan fingerprint density at radius 1 is 1.36 bits per heavy atom. The average molecular weight is 198 g/mol. The van der Waals surface area contributed by atoms with Gasteiger partial charge >= 0.3 is 5.97 Å². The number of ether oxygens (including phenoxy) is 1. The van der Waals surface area contributed by atoms with E-state index in [0.717, 1.165) is 0 Å². The van der Waals surface area contributed by atoms with Crippen molar-refractivity contribution in [3.05, 3.63) is 23.8 Å².